The molecule has 90 valence electrons. The van der Waals surface area contributed by atoms with Gasteiger partial charge in [0.05, 0.1) is 7.11 Å². The molecule has 2 nitrogen and oxygen atoms in total. The van der Waals surface area contributed by atoms with Gasteiger partial charge in [0, 0.05) is 6.54 Å². The van der Waals surface area contributed by atoms with E-state index < -0.39 is 0 Å². The highest BCUT2D eigenvalue weighted by Crippen LogP contribution is 2.28. The van der Waals surface area contributed by atoms with Crippen molar-refractivity contribution in [3.8, 4) is 5.75 Å². The molecule has 0 bridgehead atoms. The average molecular weight is 221 g/mol. The van der Waals surface area contributed by atoms with E-state index in [0.29, 0.717) is 0 Å². The minimum absolute atomic E-state index is 0.950. The first-order valence-electron chi connectivity index (χ1n) is 5.96. The Hall–Kier alpha value is -1.02. The molecule has 0 aliphatic carbocycles. The molecule has 1 aromatic carbocycles. The van der Waals surface area contributed by atoms with E-state index in [0.717, 1.165) is 18.8 Å². The van der Waals surface area contributed by atoms with Crippen molar-refractivity contribution in [2.75, 3.05) is 13.7 Å². The van der Waals surface area contributed by atoms with Gasteiger partial charge in [-0.15, -0.1) is 0 Å². The van der Waals surface area contributed by atoms with Gasteiger partial charge < -0.3 is 10.1 Å². The minimum Gasteiger partial charge on any atom is -0.496 e. The summed E-state index contributed by atoms with van der Waals surface area (Å²) in [6, 6.07) is 2.23. The van der Waals surface area contributed by atoms with Gasteiger partial charge in [-0.3, -0.25) is 0 Å². The minimum atomic E-state index is 0.950. The van der Waals surface area contributed by atoms with Crippen molar-refractivity contribution in [3.05, 3.63) is 28.3 Å². The Kier molecular flexibility index (Phi) is 4.81. The van der Waals surface area contributed by atoms with Crippen LogP contribution in [0.15, 0.2) is 6.07 Å². The second-order valence-corrected chi connectivity index (χ2v) is 4.31. The molecular formula is C14H23NO. The Labute approximate surface area is 99.0 Å². The van der Waals surface area contributed by atoms with Crippen LogP contribution < -0.4 is 10.1 Å². The molecule has 1 rings (SSSR count). The Morgan fingerprint density at radius 2 is 1.88 bits per heavy atom. The summed E-state index contributed by atoms with van der Waals surface area (Å²) in [6.45, 7) is 10.6. The van der Waals surface area contributed by atoms with E-state index in [9.17, 15) is 0 Å². The Bertz CT molecular complexity index is 358. The molecule has 0 heterocycles. The zero-order chi connectivity index (χ0) is 12.1. The van der Waals surface area contributed by atoms with Crippen molar-refractivity contribution in [1.29, 1.82) is 0 Å². The van der Waals surface area contributed by atoms with Gasteiger partial charge >= 0.3 is 0 Å². The molecule has 0 atom stereocenters. The molecule has 0 unspecified atom stereocenters. The zero-order valence-corrected chi connectivity index (χ0v) is 11.1. The monoisotopic (exact) mass is 221 g/mol. The van der Waals surface area contributed by atoms with E-state index in [-0.39, 0.29) is 0 Å². The average Bonchev–Trinajstić information content (AvgIpc) is 2.26. The van der Waals surface area contributed by atoms with Crippen LogP contribution in [0.5, 0.6) is 5.75 Å². The third kappa shape index (κ3) is 2.76. The summed E-state index contributed by atoms with van der Waals surface area (Å²) in [6.07, 6.45) is 1.17. The van der Waals surface area contributed by atoms with Crippen molar-refractivity contribution in [2.45, 2.75) is 40.7 Å². The van der Waals surface area contributed by atoms with Crippen LogP contribution in [0.1, 0.15) is 35.6 Å². The fraction of sp³-hybridized carbons (Fsp3) is 0.571. The molecule has 0 radical (unpaired) electrons. The van der Waals surface area contributed by atoms with Crippen LogP contribution in [0, 0.1) is 20.8 Å². The molecule has 0 amide bonds. The zero-order valence-electron chi connectivity index (χ0n) is 11.1. The van der Waals surface area contributed by atoms with Crippen molar-refractivity contribution in [1.82, 2.24) is 5.32 Å². The van der Waals surface area contributed by atoms with Crippen LogP contribution in [0.4, 0.5) is 0 Å². The van der Waals surface area contributed by atoms with Gasteiger partial charge in [-0.25, -0.2) is 0 Å². The Morgan fingerprint density at radius 1 is 1.19 bits per heavy atom. The topological polar surface area (TPSA) is 21.3 Å². The van der Waals surface area contributed by atoms with Gasteiger partial charge in [-0.2, -0.15) is 0 Å². The molecule has 1 aromatic rings. The molecule has 16 heavy (non-hydrogen) atoms. The Balaban J connectivity index is 2.94. The lowest BCUT2D eigenvalue weighted by Gasteiger charge is -2.16. The van der Waals surface area contributed by atoms with E-state index in [4.69, 9.17) is 4.74 Å². The van der Waals surface area contributed by atoms with Gasteiger partial charge in [0.2, 0.25) is 0 Å². The maximum Gasteiger partial charge on any atom is 0.124 e. The fourth-order valence-electron chi connectivity index (χ4n) is 2.04. The number of nitrogens with one attached hydrogen (secondary N) is 1. The van der Waals surface area contributed by atoms with Crippen LogP contribution in [-0.4, -0.2) is 13.7 Å². The molecule has 0 saturated carbocycles. The smallest absolute Gasteiger partial charge is 0.124 e. The van der Waals surface area contributed by atoms with Crippen LogP contribution in [0.3, 0.4) is 0 Å². The molecular weight excluding hydrogens is 198 g/mol. The first-order valence-corrected chi connectivity index (χ1v) is 5.96. The predicted molar refractivity (Wildman–Crippen MR) is 69.2 cm³/mol. The van der Waals surface area contributed by atoms with Gasteiger partial charge in [0.15, 0.2) is 0 Å². The lowest BCUT2D eigenvalue weighted by molar-refractivity contribution is 0.408. The number of hydrogen-bond donors (Lipinski definition) is 1. The molecule has 0 aromatic heterocycles. The first-order chi connectivity index (χ1) is 7.61. The first kappa shape index (κ1) is 13.0. The highest BCUT2D eigenvalue weighted by Gasteiger charge is 2.09. The third-order valence-corrected chi connectivity index (χ3v) is 3.08. The summed E-state index contributed by atoms with van der Waals surface area (Å²) in [5.41, 5.74) is 5.20. The standard InChI is InChI=1S/C14H23NO/c1-6-7-15-9-13-8-10(2)14(16-5)12(4)11(13)3/h8,15H,6-7,9H2,1-5H3. The summed E-state index contributed by atoms with van der Waals surface area (Å²) in [5, 5.41) is 3.44. The second kappa shape index (κ2) is 5.90. The van der Waals surface area contributed by atoms with E-state index >= 15 is 0 Å². The number of benzene rings is 1. The van der Waals surface area contributed by atoms with Crippen LogP contribution >= 0.6 is 0 Å². The highest BCUT2D eigenvalue weighted by molar-refractivity contribution is 5.48. The Morgan fingerprint density at radius 3 is 2.44 bits per heavy atom. The predicted octanol–water partition coefficient (Wildman–Crippen LogP) is 3.12. The summed E-state index contributed by atoms with van der Waals surface area (Å²) in [7, 11) is 1.74. The molecule has 0 aliphatic heterocycles. The van der Waals surface area contributed by atoms with Crippen LogP contribution in [0.2, 0.25) is 0 Å². The van der Waals surface area contributed by atoms with Crippen LogP contribution in [-0.2, 0) is 6.54 Å². The van der Waals surface area contributed by atoms with E-state index in [1.165, 1.54) is 28.7 Å². The lowest BCUT2D eigenvalue weighted by Crippen LogP contribution is -2.15. The molecule has 0 saturated heterocycles. The summed E-state index contributed by atoms with van der Waals surface area (Å²) < 4.78 is 5.42. The molecule has 1 N–H and O–H groups in total. The highest BCUT2D eigenvalue weighted by atomic mass is 16.5. The fourth-order valence-corrected chi connectivity index (χ4v) is 2.04. The summed E-state index contributed by atoms with van der Waals surface area (Å²) >= 11 is 0. The number of rotatable bonds is 5. The van der Waals surface area contributed by atoms with Crippen molar-refractivity contribution < 1.29 is 4.74 Å². The van der Waals surface area contributed by atoms with E-state index in [2.05, 4.69) is 39.1 Å². The number of aryl methyl sites for hydroxylation is 1. The van der Waals surface area contributed by atoms with Crippen molar-refractivity contribution in [3.63, 3.8) is 0 Å². The summed E-state index contributed by atoms with van der Waals surface area (Å²) in [5.74, 6) is 1.02. The van der Waals surface area contributed by atoms with Crippen molar-refractivity contribution >= 4 is 0 Å². The number of ether oxygens (including phenoxy) is 1. The molecule has 0 fully saturated rings. The number of hydrogen-bond acceptors (Lipinski definition) is 2. The number of methoxy groups -OCH3 is 1. The molecule has 2 heteroatoms. The summed E-state index contributed by atoms with van der Waals surface area (Å²) in [4.78, 5) is 0. The van der Waals surface area contributed by atoms with E-state index in [1.807, 2.05) is 0 Å². The maximum atomic E-state index is 5.42. The van der Waals surface area contributed by atoms with Gasteiger partial charge in [-0.1, -0.05) is 13.0 Å². The normalized spacial score (nSPS) is 10.6. The van der Waals surface area contributed by atoms with Gasteiger partial charge in [0.1, 0.15) is 5.75 Å². The van der Waals surface area contributed by atoms with E-state index in [1.54, 1.807) is 7.11 Å². The quantitative estimate of drug-likeness (QED) is 0.771. The maximum absolute atomic E-state index is 5.42. The van der Waals surface area contributed by atoms with Gasteiger partial charge in [-0.05, 0) is 56.0 Å². The third-order valence-electron chi connectivity index (χ3n) is 3.08. The van der Waals surface area contributed by atoms with Crippen molar-refractivity contribution in [2.24, 2.45) is 0 Å². The SMILES string of the molecule is CCCNCc1cc(C)c(OC)c(C)c1C. The lowest BCUT2D eigenvalue weighted by atomic mass is 9.98. The largest absolute Gasteiger partial charge is 0.496 e. The van der Waals surface area contributed by atoms with Gasteiger partial charge in [0.25, 0.3) is 0 Å². The van der Waals surface area contributed by atoms with Crippen LogP contribution in [0.25, 0.3) is 0 Å². The molecule has 0 aliphatic rings. The second-order valence-electron chi connectivity index (χ2n) is 4.31. The molecule has 0 spiro atoms.